The van der Waals surface area contributed by atoms with Crippen molar-refractivity contribution in [3.8, 4) is 0 Å². The number of halogens is 2. The van der Waals surface area contributed by atoms with E-state index in [9.17, 15) is 0 Å². The van der Waals surface area contributed by atoms with Crippen LogP contribution in [0.15, 0.2) is 0 Å². The van der Waals surface area contributed by atoms with E-state index in [-0.39, 0.29) is 25.5 Å². The van der Waals surface area contributed by atoms with Crippen molar-refractivity contribution in [3.05, 3.63) is 0 Å². The van der Waals surface area contributed by atoms with Gasteiger partial charge in [0.05, 0.1) is 0 Å². The average molecular weight is 594 g/mol. The molecule has 0 bridgehead atoms. The van der Waals surface area contributed by atoms with Crippen molar-refractivity contribution in [1.29, 1.82) is 0 Å². The third-order valence-electron chi connectivity index (χ3n) is 3.50. The van der Waals surface area contributed by atoms with Gasteiger partial charge in [0.2, 0.25) is 0 Å². The van der Waals surface area contributed by atoms with Gasteiger partial charge in [-0.25, -0.2) is 0 Å². The van der Waals surface area contributed by atoms with Crippen LogP contribution in [-0.2, 0) is 65.6 Å². The van der Waals surface area contributed by atoms with Gasteiger partial charge >= 0.3 is 173 Å². The van der Waals surface area contributed by atoms with Crippen molar-refractivity contribution in [2.75, 3.05) is 0 Å². The summed E-state index contributed by atoms with van der Waals surface area (Å²) in [6.45, 7) is 17.1. The summed E-state index contributed by atoms with van der Waals surface area (Å²) in [7, 11) is 13.1. The first-order chi connectivity index (χ1) is 10.0. The van der Waals surface area contributed by atoms with Crippen LogP contribution in [0.1, 0.15) is 54.4 Å². The summed E-state index contributed by atoms with van der Waals surface area (Å²) >= 11 is 0.851. The summed E-state index contributed by atoms with van der Waals surface area (Å²) in [5, 5.41) is 0. The monoisotopic (exact) mass is 594 g/mol. The van der Waals surface area contributed by atoms with E-state index in [4.69, 9.17) is 18.6 Å². The second-order valence-corrected chi connectivity index (χ2v) is 131. The molecular formula is C12H30Cl2P2Ti6. The molecule has 0 aromatic carbocycles. The summed E-state index contributed by atoms with van der Waals surface area (Å²) < 4.78 is 3.39. The Hall–Kier alpha value is 5.73. The predicted molar refractivity (Wildman–Crippen MR) is 88.8 cm³/mol. The van der Waals surface area contributed by atoms with Gasteiger partial charge in [-0.05, 0) is 0 Å². The molecule has 126 valence electrons. The van der Waals surface area contributed by atoms with E-state index >= 15 is 0 Å². The molecule has 1 rings (SSSR count). The van der Waals surface area contributed by atoms with Gasteiger partial charge in [0.15, 0.2) is 0 Å². The van der Waals surface area contributed by atoms with Crippen molar-refractivity contribution < 1.29 is 65.6 Å². The molecular weight excluding hydrogens is 564 g/mol. The predicted octanol–water partition coefficient (Wildman–Crippen LogP) is 7.17. The standard InChI is InChI=1S/2C3H8P.2C3H7.2ClH.6Ti/c2*1-3(2)4;2*1-3-2;;;;;;;;/h2*3-4H,1-2H3;2*1,3H2,2H3;2*1H;;;;;;/q2*-1;;;;;;;;;+1;+3/p-2. The molecule has 10 heteroatoms. The molecule has 0 nitrogen and oxygen atoms in total. The molecule has 0 saturated carbocycles. The van der Waals surface area contributed by atoms with E-state index < -0.39 is 27.4 Å². The maximum atomic E-state index is 7.65. The molecule has 0 N–H and O–H groups in total. The SMILES string of the molecule is CC[CH2][Ti]1([CH2]CC)[Ti][Ti]([PH]C(C)C)[Ti][Ti]([Cl])([Cl])([PH]C(C)C)[Ti]1. The molecule has 1 saturated heterocycles. The van der Waals surface area contributed by atoms with Crippen LogP contribution in [0, 0.1) is 0 Å². The minimum absolute atomic E-state index is 0.141. The topological polar surface area (TPSA) is 0 Å². The normalized spacial score (nSPS) is 25.2. The fraction of sp³-hybridized carbons (Fsp3) is 1.00. The quantitative estimate of drug-likeness (QED) is 0.207. The van der Waals surface area contributed by atoms with E-state index in [1.807, 2.05) is 0 Å². The van der Waals surface area contributed by atoms with Crippen LogP contribution in [0.25, 0.3) is 0 Å². The zero-order chi connectivity index (χ0) is 17.0. The van der Waals surface area contributed by atoms with Crippen LogP contribution < -0.4 is 0 Å². The van der Waals surface area contributed by atoms with Crippen LogP contribution in [-0.4, -0.2) is 11.3 Å². The maximum absolute atomic E-state index is 7.65. The Labute approximate surface area is 168 Å². The Morgan fingerprint density at radius 3 is 2.00 bits per heavy atom. The van der Waals surface area contributed by atoms with E-state index in [0.29, 0.717) is 12.7 Å². The molecule has 1 aliphatic rings. The van der Waals surface area contributed by atoms with Crippen LogP contribution in [0.3, 0.4) is 0 Å². The molecule has 22 heavy (non-hydrogen) atoms. The van der Waals surface area contributed by atoms with Gasteiger partial charge in [-0.15, -0.1) is 0 Å². The molecule has 0 aromatic rings. The fourth-order valence-corrected chi connectivity index (χ4v) is 675. The van der Waals surface area contributed by atoms with Crippen LogP contribution in [0.4, 0.5) is 0 Å². The zero-order valence-electron chi connectivity index (χ0n) is 14.7. The van der Waals surface area contributed by atoms with Crippen molar-refractivity contribution in [2.24, 2.45) is 0 Å². The first kappa shape index (κ1) is 25.8. The van der Waals surface area contributed by atoms with Gasteiger partial charge in [0.25, 0.3) is 0 Å². The molecule has 2 atom stereocenters. The number of hydrogen-bond acceptors (Lipinski definition) is 0. The van der Waals surface area contributed by atoms with E-state index in [0.717, 1.165) is 17.9 Å². The van der Waals surface area contributed by atoms with Crippen LogP contribution in [0.2, 0.25) is 9.45 Å². The Kier molecular flexibility index (Phi) is 13.1. The van der Waals surface area contributed by atoms with Crippen LogP contribution >= 0.6 is 31.8 Å². The third kappa shape index (κ3) is 9.03. The number of rotatable bonds is 8. The van der Waals surface area contributed by atoms with Gasteiger partial charge in [0, 0.05) is 0 Å². The van der Waals surface area contributed by atoms with E-state index in [2.05, 4.69) is 41.5 Å². The Morgan fingerprint density at radius 1 is 1.05 bits per heavy atom. The molecule has 1 fully saturated rings. The summed E-state index contributed by atoms with van der Waals surface area (Å²) in [5.41, 5.74) is 1.76. The van der Waals surface area contributed by atoms with Crippen molar-refractivity contribution >= 4 is 31.8 Å². The molecule has 2 unspecified atom stereocenters. The van der Waals surface area contributed by atoms with Gasteiger partial charge in [0.1, 0.15) is 0 Å². The second-order valence-electron chi connectivity index (χ2n) is 6.94. The van der Waals surface area contributed by atoms with E-state index in [1.165, 1.54) is 19.4 Å². The summed E-state index contributed by atoms with van der Waals surface area (Å²) in [5.74, 6) is 0. The first-order valence-corrected chi connectivity index (χ1v) is 45.7. The van der Waals surface area contributed by atoms with Gasteiger partial charge in [-0.2, -0.15) is 0 Å². The fourth-order valence-electron chi connectivity index (χ4n) is 3.14. The summed E-state index contributed by atoms with van der Waals surface area (Å²) in [4.78, 5) is 0. The number of hydrogen-bond donors (Lipinski definition) is 0. The molecule has 0 aliphatic carbocycles. The minimum atomic E-state index is -2.89. The first-order valence-electron chi connectivity index (χ1n) is 8.39. The van der Waals surface area contributed by atoms with Crippen LogP contribution in [0.5, 0.6) is 0 Å². The van der Waals surface area contributed by atoms with Gasteiger partial charge in [-0.1, -0.05) is 0 Å². The van der Waals surface area contributed by atoms with Gasteiger partial charge in [-0.3, -0.25) is 0 Å². The molecule has 0 spiro atoms. The molecule has 0 radical (unpaired) electrons. The second kappa shape index (κ2) is 11.2. The summed E-state index contributed by atoms with van der Waals surface area (Å²) in [6, 6.07) is 0. The Balaban J connectivity index is 3.12. The van der Waals surface area contributed by atoms with E-state index in [1.54, 1.807) is 9.45 Å². The van der Waals surface area contributed by atoms with Crippen molar-refractivity contribution in [1.82, 2.24) is 0 Å². The van der Waals surface area contributed by atoms with Crippen molar-refractivity contribution in [2.45, 2.75) is 75.2 Å². The summed E-state index contributed by atoms with van der Waals surface area (Å²) in [6.07, 6.45) is 0.0381. The molecule has 0 aromatic heterocycles. The average Bonchev–Trinajstić information content (AvgIpc) is 2.23. The molecule has 1 heterocycles. The molecule has 1 aliphatic heterocycles. The third-order valence-corrected chi connectivity index (χ3v) is 263. The molecule has 0 amide bonds. The zero-order valence-corrected chi connectivity index (χ0v) is 27.6. The van der Waals surface area contributed by atoms with Crippen molar-refractivity contribution in [3.63, 3.8) is 0 Å². The van der Waals surface area contributed by atoms with Gasteiger partial charge < -0.3 is 0 Å². The Bertz CT molecular complexity index is 364. The Morgan fingerprint density at radius 2 is 1.59 bits per heavy atom.